The van der Waals surface area contributed by atoms with Crippen molar-refractivity contribution in [2.75, 3.05) is 13.2 Å². The molecule has 0 aliphatic carbocycles. The predicted molar refractivity (Wildman–Crippen MR) is 73.4 cm³/mol. The van der Waals surface area contributed by atoms with Crippen molar-refractivity contribution in [1.29, 1.82) is 0 Å². The van der Waals surface area contributed by atoms with E-state index in [9.17, 15) is 4.79 Å². The smallest absolute Gasteiger partial charge is 0.346 e. The minimum absolute atomic E-state index is 0.384. The Hall–Kier alpha value is -0.653. The highest BCUT2D eigenvalue weighted by atomic mass is 28.3. The lowest BCUT2D eigenvalue weighted by Crippen LogP contribution is -2.40. The molecule has 0 aromatic heterocycles. The third-order valence-corrected chi connectivity index (χ3v) is 4.49. The number of rotatable bonds is 11. The average Bonchev–Trinajstić information content (AvgIpc) is 2.37. The highest BCUT2D eigenvalue weighted by Crippen LogP contribution is 2.13. The molecule has 4 nitrogen and oxygen atoms in total. The maximum atomic E-state index is 11.3. The van der Waals surface area contributed by atoms with Gasteiger partial charge in [-0.05, 0) is 19.9 Å². The molecule has 0 aromatic rings. The molecule has 0 saturated heterocycles. The summed E-state index contributed by atoms with van der Waals surface area (Å²) in [5.41, 5.74) is 0. The van der Waals surface area contributed by atoms with Gasteiger partial charge in [0.1, 0.15) is 0 Å². The number of hydrogen-bond acceptors (Lipinski definition) is 4. The first-order valence-corrected chi connectivity index (χ1v) is 8.31. The van der Waals surface area contributed by atoms with E-state index in [0.29, 0.717) is 13.2 Å². The van der Waals surface area contributed by atoms with Crippen LogP contribution in [-0.2, 0) is 18.7 Å². The lowest BCUT2D eigenvalue weighted by Gasteiger charge is -2.23. The molecule has 0 fully saturated rings. The average molecular weight is 273 g/mol. The molecule has 5 heteroatoms. The Kier molecular flexibility index (Phi) is 11.0. The lowest BCUT2D eigenvalue weighted by atomic mass is 10.3. The second-order valence-electron chi connectivity index (χ2n) is 3.79. The van der Waals surface area contributed by atoms with Crippen molar-refractivity contribution in [2.24, 2.45) is 0 Å². The number of carbonyl (C=O) groups is 1. The Bertz CT molecular complexity index is 227. The van der Waals surface area contributed by atoms with Crippen molar-refractivity contribution in [3.8, 4) is 0 Å². The molecule has 0 aromatic carbocycles. The van der Waals surface area contributed by atoms with E-state index in [0.717, 1.165) is 25.3 Å². The van der Waals surface area contributed by atoms with Gasteiger partial charge in [0.05, 0.1) is 0 Å². The Balaban J connectivity index is 4.45. The molecule has 0 spiro atoms. The fourth-order valence-corrected chi connectivity index (χ4v) is 3.55. The second kappa shape index (κ2) is 11.4. The Labute approximate surface area is 112 Å². The minimum Gasteiger partial charge on any atom is -0.509 e. The van der Waals surface area contributed by atoms with Gasteiger partial charge in [-0.15, -0.1) is 0 Å². The Morgan fingerprint density at radius 3 is 2.28 bits per heavy atom. The van der Waals surface area contributed by atoms with Crippen LogP contribution in [0.15, 0.2) is 12.7 Å². The van der Waals surface area contributed by atoms with Crippen molar-refractivity contribution >= 4 is 15.0 Å². The third kappa shape index (κ3) is 7.63. The molecule has 0 saturated carbocycles. The molecule has 0 rings (SSSR count). The van der Waals surface area contributed by atoms with Crippen LogP contribution in [0.25, 0.3) is 0 Å². The molecular formula is C13H25O4Si. The molecule has 0 aliphatic rings. The molecule has 0 aliphatic heterocycles. The normalized spacial score (nSPS) is 10.9. The van der Waals surface area contributed by atoms with Gasteiger partial charge in [0.25, 0.3) is 0 Å². The number of carbonyl (C=O) groups excluding carboxylic acids is 1. The summed E-state index contributed by atoms with van der Waals surface area (Å²) in [6, 6.07) is 0.850. The van der Waals surface area contributed by atoms with E-state index >= 15 is 0 Å². The SMILES string of the molecule is C=CC(=O)O[Si](CCCCC)C(OCC)OCC. The van der Waals surface area contributed by atoms with Gasteiger partial charge in [-0.2, -0.15) is 0 Å². The van der Waals surface area contributed by atoms with Crippen molar-refractivity contribution in [3.05, 3.63) is 12.7 Å². The van der Waals surface area contributed by atoms with Crippen LogP contribution in [0.4, 0.5) is 0 Å². The van der Waals surface area contributed by atoms with Gasteiger partial charge in [-0.1, -0.05) is 32.8 Å². The van der Waals surface area contributed by atoms with Gasteiger partial charge in [0.2, 0.25) is 0 Å². The summed E-state index contributed by atoms with van der Waals surface area (Å²) >= 11 is 0. The largest absolute Gasteiger partial charge is 0.509 e. The quantitative estimate of drug-likeness (QED) is 0.251. The van der Waals surface area contributed by atoms with Crippen LogP contribution < -0.4 is 0 Å². The topological polar surface area (TPSA) is 44.8 Å². The molecule has 105 valence electrons. The zero-order valence-corrected chi connectivity index (χ0v) is 12.7. The van der Waals surface area contributed by atoms with E-state index in [4.69, 9.17) is 13.9 Å². The summed E-state index contributed by atoms with van der Waals surface area (Å²) in [5, 5.41) is 0. The van der Waals surface area contributed by atoms with E-state index < -0.39 is 9.04 Å². The zero-order chi connectivity index (χ0) is 13.8. The van der Waals surface area contributed by atoms with Gasteiger partial charge in [0.15, 0.2) is 5.91 Å². The van der Waals surface area contributed by atoms with Crippen molar-refractivity contribution in [2.45, 2.75) is 52.0 Å². The fourth-order valence-electron chi connectivity index (χ4n) is 1.47. The van der Waals surface area contributed by atoms with Gasteiger partial charge in [-0.3, -0.25) is 0 Å². The summed E-state index contributed by atoms with van der Waals surface area (Å²) in [6.45, 7) is 10.5. The number of hydrogen-bond donors (Lipinski definition) is 0. The summed E-state index contributed by atoms with van der Waals surface area (Å²) < 4.78 is 16.5. The highest BCUT2D eigenvalue weighted by molar-refractivity contribution is 6.55. The van der Waals surface area contributed by atoms with E-state index in [1.54, 1.807) is 0 Å². The summed E-state index contributed by atoms with van der Waals surface area (Å²) in [6.07, 6.45) is 4.49. The summed E-state index contributed by atoms with van der Waals surface area (Å²) in [4.78, 5) is 11.3. The lowest BCUT2D eigenvalue weighted by molar-refractivity contribution is -0.133. The molecule has 1 radical (unpaired) electrons. The fraction of sp³-hybridized carbons (Fsp3) is 0.769. The molecule has 0 amide bonds. The molecule has 0 unspecified atom stereocenters. The first-order chi connectivity index (χ1) is 8.69. The van der Waals surface area contributed by atoms with Crippen LogP contribution in [0.2, 0.25) is 6.04 Å². The molecule has 0 N–H and O–H groups in total. The maximum absolute atomic E-state index is 11.3. The van der Waals surface area contributed by atoms with Gasteiger partial charge in [0, 0.05) is 19.3 Å². The van der Waals surface area contributed by atoms with Crippen LogP contribution in [0, 0.1) is 0 Å². The van der Waals surface area contributed by atoms with Crippen molar-refractivity contribution in [3.63, 3.8) is 0 Å². The van der Waals surface area contributed by atoms with Crippen LogP contribution in [-0.4, -0.2) is 34.1 Å². The van der Waals surface area contributed by atoms with E-state index in [-0.39, 0.29) is 11.9 Å². The van der Waals surface area contributed by atoms with Gasteiger partial charge in [-0.25, -0.2) is 4.79 Å². The van der Waals surface area contributed by atoms with Crippen molar-refractivity contribution in [1.82, 2.24) is 0 Å². The Morgan fingerprint density at radius 1 is 1.22 bits per heavy atom. The Morgan fingerprint density at radius 2 is 1.83 bits per heavy atom. The highest BCUT2D eigenvalue weighted by Gasteiger charge is 2.29. The molecule has 0 bridgehead atoms. The number of unbranched alkanes of at least 4 members (excludes halogenated alkanes) is 2. The maximum Gasteiger partial charge on any atom is 0.346 e. The molecule has 0 atom stereocenters. The van der Waals surface area contributed by atoms with Crippen LogP contribution in [0.1, 0.15) is 40.0 Å². The predicted octanol–water partition coefficient (Wildman–Crippen LogP) is 2.84. The minimum atomic E-state index is -1.46. The zero-order valence-electron chi connectivity index (χ0n) is 11.7. The van der Waals surface area contributed by atoms with Crippen LogP contribution in [0.3, 0.4) is 0 Å². The molecule has 0 heterocycles. The van der Waals surface area contributed by atoms with Gasteiger partial charge < -0.3 is 13.9 Å². The second-order valence-corrected chi connectivity index (χ2v) is 5.90. The van der Waals surface area contributed by atoms with E-state index in [1.807, 2.05) is 13.8 Å². The van der Waals surface area contributed by atoms with E-state index in [2.05, 4.69) is 13.5 Å². The van der Waals surface area contributed by atoms with Crippen LogP contribution in [0.5, 0.6) is 0 Å². The summed E-state index contributed by atoms with van der Waals surface area (Å²) in [5.74, 6) is -0.768. The standard InChI is InChI=1S/C13H25O4Si/c1-5-9-10-11-18(17-12(14)6-2)13(15-7-3)16-8-4/h6,13H,2,5,7-11H2,1,3-4H3. The molecular weight excluding hydrogens is 248 g/mol. The summed E-state index contributed by atoms with van der Waals surface area (Å²) in [7, 11) is -1.46. The third-order valence-electron chi connectivity index (χ3n) is 2.32. The van der Waals surface area contributed by atoms with Crippen LogP contribution >= 0.6 is 0 Å². The van der Waals surface area contributed by atoms with Crippen molar-refractivity contribution < 1.29 is 18.7 Å². The van der Waals surface area contributed by atoms with E-state index in [1.165, 1.54) is 6.08 Å². The monoisotopic (exact) mass is 273 g/mol. The first kappa shape index (κ1) is 17.3. The molecule has 18 heavy (non-hydrogen) atoms. The first-order valence-electron chi connectivity index (χ1n) is 6.62. The van der Waals surface area contributed by atoms with Gasteiger partial charge >= 0.3 is 15.0 Å². The number of ether oxygens (including phenoxy) is 2.